The molecule has 1 aromatic rings. The van der Waals surface area contributed by atoms with Crippen molar-refractivity contribution in [3.8, 4) is 0 Å². The molecule has 152 valence electrons. The summed E-state index contributed by atoms with van der Waals surface area (Å²) in [6.45, 7) is 5.14. The van der Waals surface area contributed by atoms with Crippen LogP contribution in [0.4, 0.5) is 8.78 Å². The Morgan fingerprint density at radius 3 is 2.52 bits per heavy atom. The minimum atomic E-state index is -3.41. The van der Waals surface area contributed by atoms with E-state index < -0.39 is 11.8 Å². The number of hydrogen-bond donors (Lipinski definition) is 2. The Morgan fingerprint density at radius 1 is 1.22 bits per heavy atom. The molecule has 0 saturated carbocycles. The Morgan fingerprint density at radius 2 is 1.93 bits per heavy atom. The van der Waals surface area contributed by atoms with Crippen molar-refractivity contribution in [2.75, 3.05) is 40.3 Å². The summed E-state index contributed by atoms with van der Waals surface area (Å²) >= 11 is 0. The highest BCUT2D eigenvalue weighted by atomic mass is 19.3. The third-order valence-electron chi connectivity index (χ3n) is 3.87. The predicted octanol–water partition coefficient (Wildman–Crippen LogP) is 0.853. The molecule has 0 fully saturated rings. The van der Waals surface area contributed by atoms with E-state index in [1.807, 2.05) is 25.9 Å². The predicted molar refractivity (Wildman–Crippen MR) is 99.2 cm³/mol. The molecular weight excluding hydrogens is 356 g/mol. The van der Waals surface area contributed by atoms with Crippen LogP contribution in [0.1, 0.15) is 25.1 Å². The summed E-state index contributed by atoms with van der Waals surface area (Å²) in [4.78, 5) is 31.4. The summed E-state index contributed by atoms with van der Waals surface area (Å²) in [6, 6.07) is 3.35. The summed E-state index contributed by atoms with van der Waals surface area (Å²) in [5.74, 6) is -4.72. The van der Waals surface area contributed by atoms with E-state index in [0.29, 0.717) is 37.8 Å². The second-order valence-corrected chi connectivity index (χ2v) is 6.61. The van der Waals surface area contributed by atoms with E-state index in [2.05, 4.69) is 15.6 Å². The first-order valence-electron chi connectivity index (χ1n) is 8.86. The van der Waals surface area contributed by atoms with Crippen molar-refractivity contribution >= 4 is 11.8 Å². The topological polar surface area (TPSA) is 77.6 Å². The summed E-state index contributed by atoms with van der Waals surface area (Å²) in [6.07, 6.45) is 1.54. The summed E-state index contributed by atoms with van der Waals surface area (Å²) < 4.78 is 25.7. The molecule has 27 heavy (non-hydrogen) atoms. The molecule has 0 saturated heterocycles. The monoisotopic (exact) mass is 385 g/mol. The number of hydrogen-bond acceptors (Lipinski definition) is 5. The van der Waals surface area contributed by atoms with E-state index in [1.165, 1.54) is 0 Å². The Hall–Kier alpha value is -2.13. The number of carbonyl (C=O) groups is 2. The number of carbonyl (C=O) groups excluding carboxylic acids is 2. The van der Waals surface area contributed by atoms with Crippen LogP contribution < -0.4 is 10.6 Å². The van der Waals surface area contributed by atoms with Gasteiger partial charge < -0.3 is 20.4 Å². The lowest BCUT2D eigenvalue weighted by molar-refractivity contribution is -0.143. The van der Waals surface area contributed by atoms with Crippen molar-refractivity contribution < 1.29 is 18.4 Å². The van der Waals surface area contributed by atoms with Crippen LogP contribution in [0, 0.1) is 0 Å². The molecule has 2 amide bonds. The maximum Gasteiger partial charge on any atom is 0.321 e. The molecule has 1 rings (SSSR count). The van der Waals surface area contributed by atoms with Crippen LogP contribution in [-0.2, 0) is 22.7 Å². The highest BCUT2D eigenvalue weighted by Crippen LogP contribution is 2.11. The zero-order chi connectivity index (χ0) is 20.4. The van der Waals surface area contributed by atoms with Gasteiger partial charge in [-0.05, 0) is 38.7 Å². The van der Waals surface area contributed by atoms with Crippen LogP contribution in [0.2, 0.25) is 0 Å². The molecule has 0 radical (unpaired) electrons. The smallest absolute Gasteiger partial charge is 0.321 e. The molecular formula is C18H29F2N5O2. The van der Waals surface area contributed by atoms with Gasteiger partial charge in [0.05, 0.1) is 12.2 Å². The van der Waals surface area contributed by atoms with Crippen molar-refractivity contribution in [2.45, 2.75) is 32.9 Å². The van der Waals surface area contributed by atoms with Crippen LogP contribution in [0.3, 0.4) is 0 Å². The fraction of sp³-hybridized carbons (Fsp3) is 0.611. The molecule has 0 atom stereocenters. The number of nitrogens with zero attached hydrogens (tertiary/aromatic N) is 3. The first kappa shape index (κ1) is 22.9. The first-order chi connectivity index (χ1) is 12.6. The van der Waals surface area contributed by atoms with Crippen LogP contribution in [0.25, 0.3) is 0 Å². The standard InChI is InChI=1S/C18H29F2N5O2/c1-5-25(9-8-24(3)4)16(26)13-21-12-15-10-14(6-7-22-15)11-23-17(27)18(2,19)20/h6-7,10,21H,5,8-9,11-13H2,1-4H3,(H,23,27). The van der Waals surface area contributed by atoms with Gasteiger partial charge in [-0.2, -0.15) is 8.78 Å². The number of nitrogens with one attached hydrogen (secondary N) is 2. The first-order valence-corrected chi connectivity index (χ1v) is 8.86. The van der Waals surface area contributed by atoms with Crippen molar-refractivity contribution in [1.29, 1.82) is 0 Å². The normalized spacial score (nSPS) is 11.5. The van der Waals surface area contributed by atoms with Crippen LogP contribution >= 0.6 is 0 Å². The molecule has 0 aromatic carbocycles. The van der Waals surface area contributed by atoms with Crippen molar-refractivity contribution in [1.82, 2.24) is 25.4 Å². The minimum absolute atomic E-state index is 0.00736. The van der Waals surface area contributed by atoms with Gasteiger partial charge in [-0.1, -0.05) is 0 Å². The van der Waals surface area contributed by atoms with Gasteiger partial charge in [-0.15, -0.1) is 0 Å². The van der Waals surface area contributed by atoms with Gasteiger partial charge in [0.15, 0.2) is 0 Å². The van der Waals surface area contributed by atoms with Gasteiger partial charge in [0.25, 0.3) is 5.91 Å². The number of halogens is 2. The van der Waals surface area contributed by atoms with Gasteiger partial charge in [-0.3, -0.25) is 14.6 Å². The van der Waals surface area contributed by atoms with Gasteiger partial charge >= 0.3 is 5.92 Å². The lowest BCUT2D eigenvalue weighted by Gasteiger charge is -2.23. The summed E-state index contributed by atoms with van der Waals surface area (Å²) in [5, 5.41) is 5.23. The maximum absolute atomic E-state index is 12.9. The van der Waals surface area contributed by atoms with Crippen molar-refractivity contribution in [3.63, 3.8) is 0 Å². The third-order valence-corrected chi connectivity index (χ3v) is 3.87. The third kappa shape index (κ3) is 8.87. The number of aromatic nitrogens is 1. The van der Waals surface area contributed by atoms with Gasteiger partial charge in [0.1, 0.15) is 0 Å². The lowest BCUT2D eigenvalue weighted by atomic mass is 10.2. The molecule has 0 unspecified atom stereocenters. The Kier molecular flexibility index (Phi) is 9.23. The number of likely N-dealkylation sites (N-methyl/N-ethyl adjacent to an activating group) is 2. The molecule has 2 N–H and O–H groups in total. The average Bonchev–Trinajstić information content (AvgIpc) is 2.59. The molecule has 9 heteroatoms. The Balaban J connectivity index is 2.46. The quantitative estimate of drug-likeness (QED) is 0.591. The second kappa shape index (κ2) is 10.9. The molecule has 1 heterocycles. The average molecular weight is 385 g/mol. The minimum Gasteiger partial charge on any atom is -0.347 e. The highest BCUT2D eigenvalue weighted by Gasteiger charge is 2.31. The lowest BCUT2D eigenvalue weighted by Crippen LogP contribution is -2.41. The maximum atomic E-state index is 12.9. The number of rotatable bonds is 11. The van der Waals surface area contributed by atoms with Crippen molar-refractivity contribution in [3.05, 3.63) is 29.6 Å². The SMILES string of the molecule is CCN(CCN(C)C)C(=O)CNCc1cc(CNC(=O)C(C)(F)F)ccn1. The number of amides is 2. The number of alkyl halides is 2. The summed E-state index contributed by atoms with van der Waals surface area (Å²) in [7, 11) is 3.92. The fourth-order valence-corrected chi connectivity index (χ4v) is 2.26. The number of pyridine rings is 1. The van der Waals surface area contributed by atoms with E-state index in [4.69, 9.17) is 0 Å². The second-order valence-electron chi connectivity index (χ2n) is 6.61. The van der Waals surface area contributed by atoms with E-state index in [0.717, 1.165) is 6.54 Å². The van der Waals surface area contributed by atoms with Crippen LogP contribution in [0.15, 0.2) is 18.3 Å². The molecule has 0 aliphatic heterocycles. The molecule has 0 bridgehead atoms. The summed E-state index contributed by atoms with van der Waals surface area (Å²) in [5.41, 5.74) is 1.32. The van der Waals surface area contributed by atoms with E-state index in [-0.39, 0.29) is 19.0 Å². The van der Waals surface area contributed by atoms with Crippen LogP contribution in [-0.4, -0.2) is 72.8 Å². The Labute approximate surface area is 159 Å². The molecule has 0 spiro atoms. The largest absolute Gasteiger partial charge is 0.347 e. The zero-order valence-corrected chi connectivity index (χ0v) is 16.4. The molecule has 0 aliphatic carbocycles. The van der Waals surface area contributed by atoms with Gasteiger partial charge in [0, 0.05) is 45.8 Å². The fourth-order valence-electron chi connectivity index (χ4n) is 2.26. The van der Waals surface area contributed by atoms with Gasteiger partial charge in [-0.25, -0.2) is 0 Å². The van der Waals surface area contributed by atoms with Crippen molar-refractivity contribution in [2.24, 2.45) is 0 Å². The highest BCUT2D eigenvalue weighted by molar-refractivity contribution is 5.82. The van der Waals surface area contributed by atoms with E-state index in [9.17, 15) is 18.4 Å². The van der Waals surface area contributed by atoms with Crippen LogP contribution in [0.5, 0.6) is 0 Å². The molecule has 1 aromatic heterocycles. The molecule has 0 aliphatic rings. The molecule has 7 nitrogen and oxygen atoms in total. The van der Waals surface area contributed by atoms with E-state index in [1.54, 1.807) is 23.2 Å². The Bertz CT molecular complexity index is 620. The zero-order valence-electron chi connectivity index (χ0n) is 16.4. The van der Waals surface area contributed by atoms with Gasteiger partial charge in [0.2, 0.25) is 5.91 Å². The van der Waals surface area contributed by atoms with E-state index >= 15 is 0 Å².